The number of anilines is 4. The second kappa shape index (κ2) is 9.91. The van der Waals surface area contributed by atoms with Gasteiger partial charge < -0.3 is 25.5 Å². The van der Waals surface area contributed by atoms with Crippen molar-refractivity contribution in [3.05, 3.63) is 40.3 Å². The minimum atomic E-state index is -0.374. The second-order valence-electron chi connectivity index (χ2n) is 10.5. The number of nitriles is 1. The van der Waals surface area contributed by atoms with Gasteiger partial charge in [-0.25, -0.2) is 4.98 Å². The zero-order chi connectivity index (χ0) is 26.4. The fraction of sp³-hybridized carbons (Fsp3) is 0.500. The number of aliphatic hydroxyl groups excluding tert-OH is 1. The van der Waals surface area contributed by atoms with Gasteiger partial charge in [0.05, 0.1) is 40.3 Å². The minimum absolute atomic E-state index is 0.254. The Labute approximate surface area is 225 Å². The van der Waals surface area contributed by atoms with Crippen LogP contribution in [-0.4, -0.2) is 74.0 Å². The van der Waals surface area contributed by atoms with Crippen molar-refractivity contribution in [1.29, 1.82) is 5.26 Å². The van der Waals surface area contributed by atoms with E-state index in [0.717, 1.165) is 51.0 Å². The van der Waals surface area contributed by atoms with Gasteiger partial charge in [0.1, 0.15) is 0 Å². The molecule has 11 nitrogen and oxygen atoms in total. The van der Waals surface area contributed by atoms with Gasteiger partial charge in [0.2, 0.25) is 0 Å². The van der Waals surface area contributed by atoms with Gasteiger partial charge in [0.15, 0.2) is 5.82 Å². The van der Waals surface area contributed by atoms with Crippen molar-refractivity contribution in [3.63, 3.8) is 0 Å². The number of benzene rings is 1. The number of piperidine rings is 1. The average molecular weight is 533 g/mol. The van der Waals surface area contributed by atoms with Crippen molar-refractivity contribution >= 4 is 46.2 Å². The number of rotatable bonds is 7. The molecule has 196 valence electrons. The number of nitrogens with one attached hydrogen (secondary N) is 2. The van der Waals surface area contributed by atoms with Crippen LogP contribution in [0, 0.1) is 23.8 Å². The lowest BCUT2D eigenvalue weighted by atomic mass is 9.91. The van der Waals surface area contributed by atoms with Gasteiger partial charge in [0, 0.05) is 31.7 Å². The molecule has 2 aliphatic heterocycles. The number of hydrogen-bond donors (Lipinski definition) is 3. The van der Waals surface area contributed by atoms with Crippen LogP contribution in [-0.2, 0) is 0 Å². The molecule has 1 aliphatic carbocycles. The third-order valence-corrected chi connectivity index (χ3v) is 8.02. The van der Waals surface area contributed by atoms with Crippen molar-refractivity contribution < 1.29 is 5.11 Å². The van der Waals surface area contributed by atoms with Gasteiger partial charge in [-0.05, 0) is 57.2 Å². The van der Waals surface area contributed by atoms with Crippen molar-refractivity contribution in [2.75, 3.05) is 41.7 Å². The molecule has 12 heteroatoms. The Bertz CT molecular complexity index is 1450. The Kier molecular flexibility index (Phi) is 6.44. The number of imidazole rings is 1. The van der Waals surface area contributed by atoms with Crippen LogP contribution in [0.4, 0.5) is 29.0 Å². The summed E-state index contributed by atoms with van der Waals surface area (Å²) in [4.78, 5) is 17.1. The first kappa shape index (κ1) is 24.7. The van der Waals surface area contributed by atoms with Gasteiger partial charge in [-0.1, -0.05) is 23.3 Å². The van der Waals surface area contributed by atoms with Crippen LogP contribution in [0.1, 0.15) is 38.2 Å². The fourth-order valence-electron chi connectivity index (χ4n) is 5.64. The van der Waals surface area contributed by atoms with Crippen LogP contribution in [0.2, 0.25) is 5.02 Å². The summed E-state index contributed by atoms with van der Waals surface area (Å²) in [6, 6.07) is 6.45. The Hall–Kier alpha value is -3.64. The lowest BCUT2D eigenvalue weighted by molar-refractivity contribution is 0.109. The number of hydrogen-bond acceptors (Lipinski definition) is 9. The molecular formula is C26H29ClN10O. The number of nitrogens with zero attached hydrogens (tertiary/aromatic N) is 8. The lowest BCUT2D eigenvalue weighted by Crippen LogP contribution is -2.49. The van der Waals surface area contributed by atoms with Crippen molar-refractivity contribution in [2.45, 2.75) is 50.8 Å². The van der Waals surface area contributed by atoms with Crippen molar-refractivity contribution in [2.24, 2.45) is 5.92 Å². The van der Waals surface area contributed by atoms with E-state index in [-0.39, 0.29) is 17.9 Å². The van der Waals surface area contributed by atoms with Crippen molar-refractivity contribution in [3.8, 4) is 6.07 Å². The summed E-state index contributed by atoms with van der Waals surface area (Å²) in [7, 11) is 0. The molecule has 6 rings (SSSR count). The number of fused-ring (bicyclic) bond motifs is 2. The summed E-state index contributed by atoms with van der Waals surface area (Å²) >= 11 is 6.97. The van der Waals surface area contributed by atoms with Crippen molar-refractivity contribution in [1.82, 2.24) is 24.5 Å². The van der Waals surface area contributed by atoms with E-state index in [1.165, 1.54) is 10.7 Å². The Morgan fingerprint density at radius 2 is 2.11 bits per heavy atom. The van der Waals surface area contributed by atoms with E-state index in [2.05, 4.69) is 46.4 Å². The molecule has 38 heavy (non-hydrogen) atoms. The van der Waals surface area contributed by atoms with E-state index >= 15 is 0 Å². The average Bonchev–Trinajstić information content (AvgIpc) is 3.49. The third-order valence-electron chi connectivity index (χ3n) is 7.62. The quantitative estimate of drug-likeness (QED) is 0.390. The van der Waals surface area contributed by atoms with E-state index in [1.54, 1.807) is 6.07 Å². The first-order valence-electron chi connectivity index (χ1n) is 13.0. The molecule has 1 aromatic carbocycles. The monoisotopic (exact) mass is 532 g/mol. The lowest BCUT2D eigenvalue weighted by Gasteiger charge is -2.40. The zero-order valence-electron chi connectivity index (χ0n) is 21.1. The molecule has 0 amide bonds. The molecule has 3 unspecified atom stereocenters. The second-order valence-corrected chi connectivity index (χ2v) is 10.8. The molecule has 1 saturated carbocycles. The number of aliphatic hydroxyl groups is 1. The van der Waals surface area contributed by atoms with Gasteiger partial charge in [0.25, 0.3) is 17.4 Å². The molecule has 2 saturated heterocycles. The minimum Gasteiger partial charge on any atom is -0.392 e. The molecule has 0 bridgehead atoms. The summed E-state index contributed by atoms with van der Waals surface area (Å²) in [5, 5.41) is 31.3. The highest BCUT2D eigenvalue weighted by Crippen LogP contribution is 2.40. The summed E-state index contributed by atoms with van der Waals surface area (Å²) < 4.78 is 1.47. The highest BCUT2D eigenvalue weighted by molar-refractivity contribution is 6.36. The van der Waals surface area contributed by atoms with Gasteiger partial charge in [-0.3, -0.25) is 4.90 Å². The van der Waals surface area contributed by atoms with Crippen LogP contribution >= 0.6 is 11.6 Å². The van der Waals surface area contributed by atoms with Gasteiger partial charge in [-0.2, -0.15) is 10.2 Å². The first-order valence-corrected chi connectivity index (χ1v) is 13.4. The van der Waals surface area contributed by atoms with E-state index in [0.29, 0.717) is 52.3 Å². The normalized spacial score (nSPS) is 22.1. The van der Waals surface area contributed by atoms with Crippen LogP contribution in [0.15, 0.2) is 18.3 Å². The van der Waals surface area contributed by atoms with Crippen LogP contribution < -0.4 is 15.5 Å². The molecule has 3 atom stereocenters. The molecule has 0 radical (unpaired) electrons. The standard InChI is InChI=1S/C26H29ClN10O/c1-15(38)13-35-7-5-17-6-8-36(14-21(17)35)20-10-16(11-28)9-19(23(20)27)32-26-33-24(31-18-3-4-18)25-30-12-22(29-2)37(25)34-26/h9-10,12,15,17-18,21,38H,3-8,13-14H2,1H3,(H2,31,32,33,34). The SMILES string of the molecule is [C-]#[N+]c1cnc2c(NC3CC3)nc(Nc3cc(C#N)cc(N4CCC5CCN(CC(C)O)C5C4)c3Cl)nn12. The van der Waals surface area contributed by atoms with Crippen LogP contribution in [0.3, 0.4) is 0 Å². The maximum absolute atomic E-state index is 9.97. The predicted molar refractivity (Wildman–Crippen MR) is 145 cm³/mol. The Morgan fingerprint density at radius 3 is 2.84 bits per heavy atom. The van der Waals surface area contributed by atoms with E-state index in [4.69, 9.17) is 18.2 Å². The molecule has 2 aromatic heterocycles. The highest BCUT2D eigenvalue weighted by Gasteiger charge is 2.39. The van der Waals surface area contributed by atoms with Gasteiger partial charge in [-0.15, -0.1) is 4.52 Å². The third kappa shape index (κ3) is 4.69. The van der Waals surface area contributed by atoms with Crippen LogP contribution in [0.25, 0.3) is 10.5 Å². The topological polar surface area (TPSA) is 122 Å². The molecule has 4 heterocycles. The van der Waals surface area contributed by atoms with Gasteiger partial charge >= 0.3 is 0 Å². The summed E-state index contributed by atoms with van der Waals surface area (Å²) in [6.07, 6.45) is 5.39. The zero-order valence-corrected chi connectivity index (χ0v) is 21.9. The predicted octanol–water partition coefficient (Wildman–Crippen LogP) is 3.80. The largest absolute Gasteiger partial charge is 0.392 e. The Balaban J connectivity index is 1.32. The maximum atomic E-state index is 9.97. The summed E-state index contributed by atoms with van der Waals surface area (Å²) in [5.41, 5.74) is 2.28. The molecule has 3 aliphatic rings. The smallest absolute Gasteiger partial charge is 0.275 e. The highest BCUT2D eigenvalue weighted by atomic mass is 35.5. The van der Waals surface area contributed by atoms with Crippen LogP contribution in [0.5, 0.6) is 0 Å². The maximum Gasteiger partial charge on any atom is 0.275 e. The fourth-order valence-corrected chi connectivity index (χ4v) is 5.92. The molecule has 3 aromatic rings. The summed E-state index contributed by atoms with van der Waals surface area (Å²) in [5.74, 6) is 1.69. The van der Waals surface area contributed by atoms with E-state index in [9.17, 15) is 10.4 Å². The Morgan fingerprint density at radius 1 is 1.29 bits per heavy atom. The first-order chi connectivity index (χ1) is 18.4. The number of β-amino-alcohol motifs (C(OH)–C–C–N with tert-alkyl or cyclic N) is 1. The molecule has 3 fully saturated rings. The number of likely N-dealkylation sites (tertiary alicyclic amines) is 1. The van der Waals surface area contributed by atoms with E-state index < -0.39 is 0 Å². The summed E-state index contributed by atoms with van der Waals surface area (Å²) in [6.45, 7) is 12.6. The molecule has 0 spiro atoms. The van der Waals surface area contributed by atoms with E-state index in [1.807, 2.05) is 13.0 Å². The number of halogens is 1. The number of aromatic nitrogens is 4. The molecular weight excluding hydrogens is 504 g/mol. The molecule has 3 N–H and O–H groups in total.